The van der Waals surface area contributed by atoms with E-state index in [0.29, 0.717) is 33.8 Å². The van der Waals surface area contributed by atoms with Crippen molar-refractivity contribution in [2.24, 2.45) is 0 Å². The maximum absolute atomic E-state index is 11.8. The lowest BCUT2D eigenvalue weighted by atomic mass is 10.1. The second kappa shape index (κ2) is 8.59. The number of rotatable bonds is 6. The first-order chi connectivity index (χ1) is 14.6. The molecule has 1 heterocycles. The Labute approximate surface area is 179 Å². The van der Waals surface area contributed by atoms with Crippen LogP contribution in [0.4, 0.5) is 17.5 Å². The first kappa shape index (κ1) is 20.0. The summed E-state index contributed by atoms with van der Waals surface area (Å²) in [7, 11) is 3.13. The SMILES string of the molecule is CNC(=O)c1ccc(Nc2ncc(Cl)c(NC3Cc4ccccc4C3)n2)c(OC)c1. The van der Waals surface area contributed by atoms with Crippen molar-refractivity contribution in [2.45, 2.75) is 18.9 Å². The Kier molecular flexibility index (Phi) is 5.72. The first-order valence-corrected chi connectivity index (χ1v) is 9.98. The van der Waals surface area contributed by atoms with Gasteiger partial charge in [0, 0.05) is 18.7 Å². The number of hydrogen-bond acceptors (Lipinski definition) is 6. The summed E-state index contributed by atoms with van der Waals surface area (Å²) in [5, 5.41) is 9.63. The number of nitrogens with zero attached hydrogens (tertiary/aromatic N) is 2. The second-order valence-electron chi connectivity index (χ2n) is 7.03. The Morgan fingerprint density at radius 3 is 2.57 bits per heavy atom. The third-order valence-corrected chi connectivity index (χ3v) is 5.35. The summed E-state index contributed by atoms with van der Waals surface area (Å²) in [6.07, 6.45) is 3.41. The Balaban J connectivity index is 1.52. The predicted octanol–water partition coefficient (Wildman–Crippen LogP) is 3.82. The van der Waals surface area contributed by atoms with E-state index in [9.17, 15) is 4.79 Å². The molecular formula is C22H22ClN5O2. The molecule has 0 spiro atoms. The molecule has 0 atom stereocenters. The second-order valence-corrected chi connectivity index (χ2v) is 7.43. The van der Waals surface area contributed by atoms with Gasteiger partial charge >= 0.3 is 0 Å². The van der Waals surface area contributed by atoms with E-state index in [2.05, 4.69) is 50.2 Å². The summed E-state index contributed by atoms with van der Waals surface area (Å²) in [4.78, 5) is 20.7. The average molecular weight is 424 g/mol. The van der Waals surface area contributed by atoms with Gasteiger partial charge in [-0.2, -0.15) is 4.98 Å². The number of amides is 1. The lowest BCUT2D eigenvalue weighted by molar-refractivity contribution is 0.0963. The van der Waals surface area contributed by atoms with E-state index in [4.69, 9.17) is 16.3 Å². The number of anilines is 3. The smallest absolute Gasteiger partial charge is 0.251 e. The largest absolute Gasteiger partial charge is 0.495 e. The normalized spacial score (nSPS) is 12.9. The molecule has 3 N–H and O–H groups in total. The highest BCUT2D eigenvalue weighted by atomic mass is 35.5. The molecule has 0 saturated heterocycles. The predicted molar refractivity (Wildman–Crippen MR) is 118 cm³/mol. The van der Waals surface area contributed by atoms with Gasteiger partial charge in [0.15, 0.2) is 5.82 Å². The molecule has 4 rings (SSSR count). The molecule has 1 aromatic heterocycles. The van der Waals surface area contributed by atoms with Crippen LogP contribution in [-0.4, -0.2) is 36.1 Å². The van der Waals surface area contributed by atoms with Crippen molar-refractivity contribution in [1.82, 2.24) is 15.3 Å². The van der Waals surface area contributed by atoms with Crippen LogP contribution in [0.25, 0.3) is 0 Å². The van der Waals surface area contributed by atoms with Gasteiger partial charge in [-0.1, -0.05) is 35.9 Å². The van der Waals surface area contributed by atoms with Gasteiger partial charge in [-0.3, -0.25) is 4.79 Å². The fourth-order valence-electron chi connectivity index (χ4n) is 3.58. The summed E-state index contributed by atoms with van der Waals surface area (Å²) in [5.74, 6) is 1.28. The maximum atomic E-state index is 11.8. The van der Waals surface area contributed by atoms with Crippen LogP contribution in [0.1, 0.15) is 21.5 Å². The number of halogens is 1. The van der Waals surface area contributed by atoms with Crippen molar-refractivity contribution in [1.29, 1.82) is 0 Å². The van der Waals surface area contributed by atoms with Crippen LogP contribution < -0.4 is 20.7 Å². The highest BCUT2D eigenvalue weighted by Crippen LogP contribution is 2.30. The van der Waals surface area contributed by atoms with Crippen LogP contribution in [0.5, 0.6) is 5.75 Å². The molecule has 0 bridgehead atoms. The van der Waals surface area contributed by atoms with E-state index in [0.717, 1.165) is 12.8 Å². The third-order valence-electron chi connectivity index (χ3n) is 5.07. The number of hydrogen-bond donors (Lipinski definition) is 3. The molecule has 3 aromatic rings. The Morgan fingerprint density at radius 1 is 1.17 bits per heavy atom. The van der Waals surface area contributed by atoms with Gasteiger partial charge in [0.1, 0.15) is 10.8 Å². The molecule has 8 heteroatoms. The van der Waals surface area contributed by atoms with Crippen molar-refractivity contribution in [3.63, 3.8) is 0 Å². The van der Waals surface area contributed by atoms with Gasteiger partial charge in [0.05, 0.1) is 19.0 Å². The molecule has 0 saturated carbocycles. The maximum Gasteiger partial charge on any atom is 0.251 e. The summed E-state index contributed by atoms with van der Waals surface area (Å²) < 4.78 is 5.41. The fraction of sp³-hybridized carbons (Fsp3) is 0.227. The lowest BCUT2D eigenvalue weighted by Crippen LogP contribution is -2.21. The van der Waals surface area contributed by atoms with Crippen LogP contribution in [0.2, 0.25) is 5.02 Å². The van der Waals surface area contributed by atoms with Crippen molar-refractivity contribution in [2.75, 3.05) is 24.8 Å². The molecule has 30 heavy (non-hydrogen) atoms. The van der Waals surface area contributed by atoms with E-state index in [1.165, 1.54) is 11.1 Å². The van der Waals surface area contributed by atoms with Gasteiger partial charge < -0.3 is 20.7 Å². The molecule has 1 amide bonds. The Bertz CT molecular complexity index is 1060. The molecule has 1 aliphatic carbocycles. The summed E-state index contributed by atoms with van der Waals surface area (Å²) in [6, 6.07) is 13.8. The van der Waals surface area contributed by atoms with Crippen molar-refractivity contribution >= 4 is 35.0 Å². The summed E-state index contributed by atoms with van der Waals surface area (Å²) >= 11 is 6.33. The highest BCUT2D eigenvalue weighted by molar-refractivity contribution is 6.32. The van der Waals surface area contributed by atoms with E-state index < -0.39 is 0 Å². The minimum Gasteiger partial charge on any atom is -0.495 e. The molecule has 7 nitrogen and oxygen atoms in total. The molecular weight excluding hydrogens is 402 g/mol. The van der Waals surface area contributed by atoms with Crippen molar-refractivity contribution < 1.29 is 9.53 Å². The zero-order valence-corrected chi connectivity index (χ0v) is 17.5. The lowest BCUT2D eigenvalue weighted by Gasteiger charge is -2.16. The topological polar surface area (TPSA) is 88.2 Å². The number of carbonyl (C=O) groups excluding carboxylic acids is 1. The minimum absolute atomic E-state index is 0.188. The highest BCUT2D eigenvalue weighted by Gasteiger charge is 2.22. The number of methoxy groups -OCH3 is 1. The summed E-state index contributed by atoms with van der Waals surface area (Å²) in [5.41, 5.74) is 3.84. The van der Waals surface area contributed by atoms with Gasteiger partial charge in [-0.05, 0) is 42.2 Å². The van der Waals surface area contributed by atoms with Crippen LogP contribution in [0.3, 0.4) is 0 Å². The third kappa shape index (κ3) is 4.16. The van der Waals surface area contributed by atoms with Crippen molar-refractivity contribution in [3.05, 3.63) is 70.4 Å². The zero-order valence-electron chi connectivity index (χ0n) is 16.7. The number of aromatic nitrogens is 2. The molecule has 2 aromatic carbocycles. The number of benzene rings is 2. The molecule has 0 aliphatic heterocycles. The monoisotopic (exact) mass is 423 g/mol. The van der Waals surface area contributed by atoms with Gasteiger partial charge in [0.25, 0.3) is 5.91 Å². The van der Waals surface area contributed by atoms with Crippen LogP contribution in [-0.2, 0) is 12.8 Å². The van der Waals surface area contributed by atoms with Crippen LogP contribution in [0.15, 0.2) is 48.7 Å². The quantitative estimate of drug-likeness (QED) is 0.558. The Morgan fingerprint density at radius 2 is 1.90 bits per heavy atom. The minimum atomic E-state index is -0.188. The zero-order chi connectivity index (χ0) is 21.1. The molecule has 1 aliphatic rings. The van der Waals surface area contributed by atoms with E-state index in [-0.39, 0.29) is 11.9 Å². The van der Waals surface area contributed by atoms with Crippen molar-refractivity contribution in [3.8, 4) is 5.75 Å². The molecule has 154 valence electrons. The molecule has 0 radical (unpaired) electrons. The number of ether oxygens (including phenoxy) is 1. The van der Waals surface area contributed by atoms with E-state index in [1.54, 1.807) is 38.6 Å². The van der Waals surface area contributed by atoms with E-state index >= 15 is 0 Å². The standard InChI is InChI=1S/C22H22ClN5O2/c1-24-21(29)15-7-8-18(19(11-15)30-2)27-22-25-12-17(23)20(28-22)26-16-9-13-5-3-4-6-14(13)10-16/h3-8,11-12,16H,9-10H2,1-2H3,(H,24,29)(H2,25,26,27,28). The number of carbonyl (C=O) groups is 1. The number of nitrogens with one attached hydrogen (secondary N) is 3. The van der Waals surface area contributed by atoms with Gasteiger partial charge in [-0.15, -0.1) is 0 Å². The molecule has 0 fully saturated rings. The number of fused-ring (bicyclic) bond motifs is 1. The first-order valence-electron chi connectivity index (χ1n) is 9.60. The van der Waals surface area contributed by atoms with Gasteiger partial charge in [-0.25, -0.2) is 4.98 Å². The van der Waals surface area contributed by atoms with Crippen LogP contribution in [0, 0.1) is 0 Å². The fourth-order valence-corrected chi connectivity index (χ4v) is 3.73. The van der Waals surface area contributed by atoms with Gasteiger partial charge in [0.2, 0.25) is 5.95 Å². The average Bonchev–Trinajstić information content (AvgIpc) is 3.18. The summed E-state index contributed by atoms with van der Waals surface area (Å²) in [6.45, 7) is 0. The Hall–Kier alpha value is -3.32. The van der Waals surface area contributed by atoms with E-state index in [1.807, 2.05) is 0 Å². The van der Waals surface area contributed by atoms with Crippen LogP contribution >= 0.6 is 11.6 Å². The molecule has 0 unspecified atom stereocenters.